The summed E-state index contributed by atoms with van der Waals surface area (Å²) in [5, 5.41) is 11.1. The van der Waals surface area contributed by atoms with Crippen molar-refractivity contribution >= 4 is 17.3 Å². The molecule has 6 heteroatoms. The summed E-state index contributed by atoms with van der Waals surface area (Å²) in [7, 11) is 3.87. The van der Waals surface area contributed by atoms with Crippen LogP contribution in [0.1, 0.15) is 31.7 Å². The summed E-state index contributed by atoms with van der Waals surface area (Å²) in [6.45, 7) is 9.75. The van der Waals surface area contributed by atoms with Crippen LogP contribution in [0.5, 0.6) is 0 Å². The van der Waals surface area contributed by atoms with E-state index in [0.29, 0.717) is 5.92 Å². The first kappa shape index (κ1) is 19.9. The average Bonchev–Trinajstić information content (AvgIpc) is 3.08. The maximum absolute atomic E-state index is 5.09. The van der Waals surface area contributed by atoms with E-state index in [2.05, 4.69) is 53.3 Å². The van der Waals surface area contributed by atoms with Crippen LogP contribution in [0.4, 0.5) is 0 Å². The molecule has 2 N–H and O–H groups in total. The second kappa shape index (κ2) is 12.3. The molecular weight excluding hydrogens is 308 g/mol. The van der Waals surface area contributed by atoms with Crippen LogP contribution in [-0.2, 0) is 4.74 Å². The molecule has 0 bridgehead atoms. The fraction of sp³-hybridized carbons (Fsp3) is 0.706. The van der Waals surface area contributed by atoms with Crippen molar-refractivity contribution in [2.75, 3.05) is 53.5 Å². The molecule has 1 rings (SSSR count). The van der Waals surface area contributed by atoms with Crippen LogP contribution in [-0.4, -0.2) is 64.3 Å². The van der Waals surface area contributed by atoms with Crippen LogP contribution in [0.3, 0.4) is 0 Å². The third kappa shape index (κ3) is 8.93. The zero-order chi connectivity index (χ0) is 16.9. The normalized spacial score (nSPS) is 13.3. The van der Waals surface area contributed by atoms with Gasteiger partial charge in [-0.15, -0.1) is 0 Å². The Balaban J connectivity index is 2.29. The molecule has 0 aromatic carbocycles. The van der Waals surface area contributed by atoms with Gasteiger partial charge >= 0.3 is 0 Å². The van der Waals surface area contributed by atoms with E-state index >= 15 is 0 Å². The highest BCUT2D eigenvalue weighted by atomic mass is 32.1. The van der Waals surface area contributed by atoms with Crippen molar-refractivity contribution in [1.82, 2.24) is 15.5 Å². The third-order valence-corrected chi connectivity index (χ3v) is 4.37. The highest BCUT2D eigenvalue weighted by Crippen LogP contribution is 2.18. The standard InChI is InChI=1S/C17H32N4OS/c1-5-18-17(19-8-6-9-21(3)10-11-22-4)20-13-15(2)16-7-12-23-14-16/h7,12,14-15H,5-6,8-11,13H2,1-4H3,(H2,18,19,20). The molecule has 23 heavy (non-hydrogen) atoms. The highest BCUT2D eigenvalue weighted by molar-refractivity contribution is 7.07. The molecule has 1 atom stereocenters. The minimum absolute atomic E-state index is 0.455. The lowest BCUT2D eigenvalue weighted by molar-refractivity contribution is 0.161. The average molecular weight is 341 g/mol. The van der Waals surface area contributed by atoms with Gasteiger partial charge in [-0.25, -0.2) is 0 Å². The first-order valence-corrected chi connectivity index (χ1v) is 9.33. The zero-order valence-electron chi connectivity index (χ0n) is 15.0. The molecule has 0 radical (unpaired) electrons. The predicted octanol–water partition coefficient (Wildman–Crippen LogP) is 2.38. The number of methoxy groups -OCH3 is 1. The minimum atomic E-state index is 0.455. The smallest absolute Gasteiger partial charge is 0.191 e. The number of hydrogen-bond donors (Lipinski definition) is 2. The summed E-state index contributed by atoms with van der Waals surface area (Å²) in [5.41, 5.74) is 1.37. The van der Waals surface area contributed by atoms with Gasteiger partial charge in [0.1, 0.15) is 0 Å². The van der Waals surface area contributed by atoms with Crippen molar-refractivity contribution in [3.63, 3.8) is 0 Å². The SMILES string of the molecule is CCNC(=NCC(C)c1ccsc1)NCCCN(C)CCOC. The summed E-state index contributed by atoms with van der Waals surface area (Å²) < 4.78 is 5.09. The lowest BCUT2D eigenvalue weighted by Crippen LogP contribution is -2.39. The van der Waals surface area contributed by atoms with Gasteiger partial charge in [0.05, 0.1) is 6.61 Å². The van der Waals surface area contributed by atoms with Gasteiger partial charge in [-0.3, -0.25) is 4.99 Å². The number of nitrogens with one attached hydrogen (secondary N) is 2. The van der Waals surface area contributed by atoms with Gasteiger partial charge in [0, 0.05) is 39.2 Å². The topological polar surface area (TPSA) is 48.9 Å². The minimum Gasteiger partial charge on any atom is -0.383 e. The van der Waals surface area contributed by atoms with Gasteiger partial charge in [0.15, 0.2) is 5.96 Å². The number of thiophene rings is 1. The number of aliphatic imine (C=N–C) groups is 1. The highest BCUT2D eigenvalue weighted by Gasteiger charge is 2.06. The molecule has 132 valence electrons. The van der Waals surface area contributed by atoms with E-state index in [4.69, 9.17) is 9.73 Å². The molecule has 1 unspecified atom stereocenters. The van der Waals surface area contributed by atoms with Crippen LogP contribution < -0.4 is 10.6 Å². The number of hydrogen-bond acceptors (Lipinski definition) is 4. The Labute approximate surface area is 145 Å². The Morgan fingerprint density at radius 2 is 2.22 bits per heavy atom. The van der Waals surface area contributed by atoms with Crippen LogP contribution in [0.2, 0.25) is 0 Å². The van der Waals surface area contributed by atoms with E-state index < -0.39 is 0 Å². The van der Waals surface area contributed by atoms with Gasteiger partial charge in [0.25, 0.3) is 0 Å². The largest absolute Gasteiger partial charge is 0.383 e. The molecule has 5 nitrogen and oxygen atoms in total. The molecule has 1 heterocycles. The Kier molecular flexibility index (Phi) is 10.7. The molecule has 0 saturated carbocycles. The van der Waals surface area contributed by atoms with Crippen LogP contribution in [0.25, 0.3) is 0 Å². The fourth-order valence-electron chi connectivity index (χ4n) is 2.15. The molecule has 0 aliphatic rings. The zero-order valence-corrected chi connectivity index (χ0v) is 15.8. The van der Waals surface area contributed by atoms with Crippen molar-refractivity contribution in [2.24, 2.45) is 4.99 Å². The Morgan fingerprint density at radius 3 is 2.87 bits per heavy atom. The van der Waals surface area contributed by atoms with Crippen LogP contribution >= 0.6 is 11.3 Å². The van der Waals surface area contributed by atoms with E-state index in [9.17, 15) is 0 Å². The quantitative estimate of drug-likeness (QED) is 0.369. The number of ether oxygens (including phenoxy) is 1. The van der Waals surface area contributed by atoms with Gasteiger partial charge in [-0.2, -0.15) is 11.3 Å². The number of rotatable bonds is 11. The van der Waals surface area contributed by atoms with Crippen molar-refractivity contribution in [3.05, 3.63) is 22.4 Å². The second-order valence-electron chi connectivity index (χ2n) is 5.75. The van der Waals surface area contributed by atoms with Crippen molar-refractivity contribution < 1.29 is 4.74 Å². The van der Waals surface area contributed by atoms with E-state index in [-0.39, 0.29) is 0 Å². The number of guanidine groups is 1. The van der Waals surface area contributed by atoms with E-state index in [1.807, 2.05) is 0 Å². The summed E-state index contributed by atoms with van der Waals surface area (Å²) in [5.74, 6) is 1.37. The first-order valence-electron chi connectivity index (χ1n) is 8.39. The Bertz CT molecular complexity index is 422. The van der Waals surface area contributed by atoms with E-state index in [0.717, 1.165) is 51.7 Å². The molecule has 0 amide bonds. The van der Waals surface area contributed by atoms with Gasteiger partial charge in [-0.1, -0.05) is 6.92 Å². The third-order valence-electron chi connectivity index (χ3n) is 3.67. The van der Waals surface area contributed by atoms with Gasteiger partial charge in [-0.05, 0) is 49.3 Å². The van der Waals surface area contributed by atoms with Crippen molar-refractivity contribution in [2.45, 2.75) is 26.2 Å². The summed E-state index contributed by atoms with van der Waals surface area (Å²) in [4.78, 5) is 6.99. The predicted molar refractivity (Wildman–Crippen MR) is 101 cm³/mol. The van der Waals surface area contributed by atoms with Gasteiger partial charge in [0.2, 0.25) is 0 Å². The Morgan fingerprint density at radius 1 is 1.39 bits per heavy atom. The van der Waals surface area contributed by atoms with Crippen LogP contribution in [0, 0.1) is 0 Å². The molecule has 0 saturated heterocycles. The lowest BCUT2D eigenvalue weighted by atomic mass is 10.1. The lowest BCUT2D eigenvalue weighted by Gasteiger charge is -2.17. The Hall–Kier alpha value is -1.11. The number of nitrogens with zero attached hydrogens (tertiary/aromatic N) is 2. The fourth-order valence-corrected chi connectivity index (χ4v) is 2.93. The van der Waals surface area contributed by atoms with E-state index in [1.165, 1.54) is 5.56 Å². The molecular formula is C17H32N4OS. The molecule has 0 aliphatic carbocycles. The van der Waals surface area contributed by atoms with Gasteiger partial charge < -0.3 is 20.3 Å². The molecule has 0 fully saturated rings. The van der Waals surface area contributed by atoms with Crippen molar-refractivity contribution in [3.8, 4) is 0 Å². The molecule has 0 spiro atoms. The second-order valence-corrected chi connectivity index (χ2v) is 6.53. The summed E-state index contributed by atoms with van der Waals surface area (Å²) in [6, 6.07) is 2.18. The maximum Gasteiger partial charge on any atom is 0.191 e. The molecule has 0 aliphatic heterocycles. The molecule has 1 aromatic rings. The van der Waals surface area contributed by atoms with Crippen LogP contribution in [0.15, 0.2) is 21.8 Å². The monoisotopic (exact) mass is 340 g/mol. The maximum atomic E-state index is 5.09. The van der Waals surface area contributed by atoms with E-state index in [1.54, 1.807) is 18.4 Å². The number of likely N-dealkylation sites (N-methyl/N-ethyl adjacent to an activating group) is 1. The first-order chi connectivity index (χ1) is 11.2. The summed E-state index contributed by atoms with van der Waals surface area (Å²) in [6.07, 6.45) is 1.09. The summed E-state index contributed by atoms with van der Waals surface area (Å²) >= 11 is 1.74. The van der Waals surface area contributed by atoms with Crippen molar-refractivity contribution in [1.29, 1.82) is 0 Å². The molecule has 1 aromatic heterocycles.